The van der Waals surface area contributed by atoms with Crippen LogP contribution in [0.15, 0.2) is 42.5 Å². The molecule has 1 saturated heterocycles. The van der Waals surface area contributed by atoms with E-state index < -0.39 is 11.6 Å². The third-order valence-corrected chi connectivity index (χ3v) is 6.17. The van der Waals surface area contributed by atoms with Crippen LogP contribution in [0.1, 0.15) is 23.1 Å². The molecule has 1 N–H and O–H groups in total. The average Bonchev–Trinajstić information content (AvgIpc) is 3.26. The second-order valence-electron chi connectivity index (χ2n) is 8.11. The van der Waals surface area contributed by atoms with E-state index in [1.54, 1.807) is 7.05 Å². The predicted octanol–water partition coefficient (Wildman–Crippen LogP) is 1.81. The first-order valence-corrected chi connectivity index (χ1v) is 10.3. The topological polar surface area (TPSA) is 88.2 Å². The molecular formula is C23H23N3O5. The normalized spacial score (nSPS) is 21.3. The number of fused-ring (bicyclic) bond motifs is 3. The molecule has 0 bridgehead atoms. The van der Waals surface area contributed by atoms with Crippen LogP contribution in [-0.2, 0) is 28.1 Å². The number of carbonyl (C=O) groups is 3. The molecule has 8 heteroatoms. The molecule has 2 aromatic rings. The Labute approximate surface area is 179 Å². The first kappa shape index (κ1) is 19.4. The minimum absolute atomic E-state index is 0.296. The van der Waals surface area contributed by atoms with Gasteiger partial charge in [-0.15, -0.1) is 0 Å². The number of nitrogens with one attached hydrogen (secondary N) is 1. The molecule has 0 radical (unpaired) electrons. The minimum atomic E-state index is -1.05. The van der Waals surface area contributed by atoms with Crippen molar-refractivity contribution in [3.8, 4) is 11.5 Å². The minimum Gasteiger partial charge on any atom is -0.486 e. The van der Waals surface area contributed by atoms with Crippen LogP contribution in [0.2, 0.25) is 0 Å². The van der Waals surface area contributed by atoms with E-state index in [4.69, 9.17) is 9.47 Å². The molecule has 2 aliphatic heterocycles. The standard InChI is InChI=1S/C23H23N3O5/c1-25(13-15-6-7-18-19(12-15)31-11-10-30-18)20(27)14-26-21(28)23(24-22(26)29)9-8-16-4-2-3-5-17(16)23/h2-7,12H,8-11,13-14H2,1H3,(H,24,29)/t23-/m0/s1. The van der Waals surface area contributed by atoms with Crippen molar-refractivity contribution in [2.24, 2.45) is 0 Å². The van der Waals surface area contributed by atoms with Gasteiger partial charge in [-0.1, -0.05) is 30.3 Å². The summed E-state index contributed by atoms with van der Waals surface area (Å²) in [6.45, 7) is 1.04. The van der Waals surface area contributed by atoms with Crippen LogP contribution in [0.4, 0.5) is 4.79 Å². The van der Waals surface area contributed by atoms with Crippen molar-refractivity contribution in [2.45, 2.75) is 24.9 Å². The van der Waals surface area contributed by atoms with E-state index >= 15 is 0 Å². The largest absolute Gasteiger partial charge is 0.486 e. The van der Waals surface area contributed by atoms with E-state index in [0.29, 0.717) is 44.1 Å². The molecule has 0 saturated carbocycles. The van der Waals surface area contributed by atoms with Crippen LogP contribution in [0.5, 0.6) is 11.5 Å². The molecule has 1 spiro atoms. The highest BCUT2D eigenvalue weighted by atomic mass is 16.6. The van der Waals surface area contributed by atoms with Crippen LogP contribution in [0.25, 0.3) is 0 Å². The van der Waals surface area contributed by atoms with E-state index in [2.05, 4.69) is 5.32 Å². The number of aryl methyl sites for hydroxylation is 1. The molecule has 4 amide bonds. The number of benzene rings is 2. The molecule has 8 nitrogen and oxygen atoms in total. The second-order valence-corrected chi connectivity index (χ2v) is 8.11. The van der Waals surface area contributed by atoms with Gasteiger partial charge in [0.15, 0.2) is 11.5 Å². The van der Waals surface area contributed by atoms with Crippen LogP contribution < -0.4 is 14.8 Å². The fraction of sp³-hybridized carbons (Fsp3) is 0.348. The molecule has 31 heavy (non-hydrogen) atoms. The van der Waals surface area contributed by atoms with Crippen molar-refractivity contribution in [2.75, 3.05) is 26.8 Å². The SMILES string of the molecule is CN(Cc1ccc2c(c1)OCCO2)C(=O)CN1C(=O)N[C@]2(CCc3ccccc32)C1=O. The Balaban J connectivity index is 1.28. The molecule has 1 aliphatic carbocycles. The highest BCUT2D eigenvalue weighted by Crippen LogP contribution is 2.41. The van der Waals surface area contributed by atoms with Gasteiger partial charge >= 0.3 is 6.03 Å². The smallest absolute Gasteiger partial charge is 0.325 e. The summed E-state index contributed by atoms with van der Waals surface area (Å²) in [7, 11) is 1.65. The maximum Gasteiger partial charge on any atom is 0.325 e. The Hall–Kier alpha value is -3.55. The quantitative estimate of drug-likeness (QED) is 0.761. The Bertz CT molecular complexity index is 1080. The number of hydrogen-bond donors (Lipinski definition) is 1. The van der Waals surface area contributed by atoms with Crippen molar-refractivity contribution < 1.29 is 23.9 Å². The van der Waals surface area contributed by atoms with Crippen molar-refractivity contribution in [3.63, 3.8) is 0 Å². The summed E-state index contributed by atoms with van der Waals surface area (Å²) in [4.78, 5) is 41.2. The molecular weight excluding hydrogens is 398 g/mol. The number of imide groups is 1. The predicted molar refractivity (Wildman–Crippen MR) is 111 cm³/mol. The lowest BCUT2D eigenvalue weighted by molar-refractivity contribution is -0.138. The first-order chi connectivity index (χ1) is 15.0. The summed E-state index contributed by atoms with van der Waals surface area (Å²) >= 11 is 0. The van der Waals surface area contributed by atoms with E-state index in [9.17, 15) is 14.4 Å². The highest BCUT2D eigenvalue weighted by molar-refractivity contribution is 6.09. The van der Waals surface area contributed by atoms with Gasteiger partial charge in [-0.2, -0.15) is 0 Å². The molecule has 2 heterocycles. The molecule has 5 rings (SSSR count). The number of hydrogen-bond acceptors (Lipinski definition) is 5. The maximum absolute atomic E-state index is 13.2. The van der Waals surface area contributed by atoms with Crippen molar-refractivity contribution >= 4 is 17.8 Å². The van der Waals surface area contributed by atoms with Gasteiger partial charge in [0.2, 0.25) is 5.91 Å². The molecule has 1 fully saturated rings. The zero-order chi connectivity index (χ0) is 21.6. The van der Waals surface area contributed by atoms with Crippen LogP contribution in [-0.4, -0.2) is 54.5 Å². The molecule has 0 aromatic heterocycles. The van der Waals surface area contributed by atoms with E-state index in [0.717, 1.165) is 21.6 Å². The van der Waals surface area contributed by atoms with Crippen molar-refractivity contribution in [1.82, 2.24) is 15.1 Å². The zero-order valence-electron chi connectivity index (χ0n) is 17.2. The fourth-order valence-corrected chi connectivity index (χ4v) is 4.54. The van der Waals surface area contributed by atoms with Crippen LogP contribution in [0.3, 0.4) is 0 Å². The lowest BCUT2D eigenvalue weighted by Crippen LogP contribution is -2.44. The number of carbonyl (C=O) groups excluding carboxylic acids is 3. The summed E-state index contributed by atoms with van der Waals surface area (Å²) in [6, 6.07) is 12.6. The van der Waals surface area contributed by atoms with Gasteiger partial charge in [-0.25, -0.2) is 4.79 Å². The van der Waals surface area contributed by atoms with E-state index in [-0.39, 0.29) is 18.4 Å². The number of likely N-dealkylation sites (N-methyl/N-ethyl adjacent to an activating group) is 1. The van der Waals surface area contributed by atoms with E-state index in [1.165, 1.54) is 4.90 Å². The number of amides is 4. The Morgan fingerprint density at radius 2 is 1.90 bits per heavy atom. The molecule has 2 aromatic carbocycles. The maximum atomic E-state index is 13.2. The van der Waals surface area contributed by atoms with Gasteiger partial charge in [0, 0.05) is 13.6 Å². The van der Waals surface area contributed by atoms with Crippen molar-refractivity contribution in [1.29, 1.82) is 0 Å². The summed E-state index contributed by atoms with van der Waals surface area (Å²) in [6.07, 6.45) is 1.22. The fourth-order valence-electron chi connectivity index (χ4n) is 4.54. The van der Waals surface area contributed by atoms with Crippen LogP contribution in [0, 0.1) is 0 Å². The van der Waals surface area contributed by atoms with Gasteiger partial charge in [0.05, 0.1) is 0 Å². The summed E-state index contributed by atoms with van der Waals surface area (Å²) in [5, 5.41) is 2.85. The Morgan fingerprint density at radius 3 is 2.74 bits per heavy atom. The van der Waals surface area contributed by atoms with Gasteiger partial charge < -0.3 is 19.7 Å². The summed E-state index contributed by atoms with van der Waals surface area (Å²) < 4.78 is 11.1. The highest BCUT2D eigenvalue weighted by Gasteiger charge is 2.55. The zero-order valence-corrected chi connectivity index (χ0v) is 17.2. The van der Waals surface area contributed by atoms with Crippen LogP contribution >= 0.6 is 0 Å². The van der Waals surface area contributed by atoms with Gasteiger partial charge in [0.25, 0.3) is 5.91 Å². The van der Waals surface area contributed by atoms with Gasteiger partial charge in [0.1, 0.15) is 25.3 Å². The molecule has 0 unspecified atom stereocenters. The second kappa shape index (κ2) is 7.30. The lowest BCUT2D eigenvalue weighted by Gasteiger charge is -2.24. The lowest BCUT2D eigenvalue weighted by atomic mass is 9.92. The van der Waals surface area contributed by atoms with Gasteiger partial charge in [-0.05, 0) is 41.7 Å². The monoisotopic (exact) mass is 421 g/mol. The first-order valence-electron chi connectivity index (χ1n) is 10.3. The third kappa shape index (κ3) is 3.19. The average molecular weight is 421 g/mol. The molecule has 160 valence electrons. The number of ether oxygens (including phenoxy) is 2. The third-order valence-electron chi connectivity index (χ3n) is 6.17. The van der Waals surface area contributed by atoms with Gasteiger partial charge in [-0.3, -0.25) is 14.5 Å². The number of nitrogens with zero attached hydrogens (tertiary/aromatic N) is 2. The van der Waals surface area contributed by atoms with E-state index in [1.807, 2.05) is 42.5 Å². The summed E-state index contributed by atoms with van der Waals surface area (Å²) in [5.41, 5.74) is 1.70. The van der Waals surface area contributed by atoms with Crippen molar-refractivity contribution in [3.05, 3.63) is 59.2 Å². The number of urea groups is 1. The summed E-state index contributed by atoms with van der Waals surface area (Å²) in [5.74, 6) is 0.663. The molecule has 3 aliphatic rings. The Morgan fingerprint density at radius 1 is 1.13 bits per heavy atom. The Kier molecular flexibility index (Phi) is 4.57. The number of rotatable bonds is 4. The molecule has 1 atom stereocenters.